The van der Waals surface area contributed by atoms with E-state index in [0.717, 1.165) is 13.9 Å². The molecule has 0 bridgehead atoms. The molecule has 0 aromatic heterocycles. The Morgan fingerprint density at radius 2 is 2.03 bits per heavy atom. The van der Waals surface area contributed by atoms with Gasteiger partial charge in [0.2, 0.25) is 6.29 Å². The van der Waals surface area contributed by atoms with Gasteiger partial charge in [-0.25, -0.2) is 4.79 Å². The first kappa shape index (κ1) is 23.5. The van der Waals surface area contributed by atoms with Gasteiger partial charge in [0.1, 0.15) is 5.54 Å². The van der Waals surface area contributed by atoms with E-state index in [4.69, 9.17) is 14.5 Å². The number of likely N-dealkylation sites (tertiary alicyclic amines) is 1. The molecule has 10 heteroatoms. The van der Waals surface area contributed by atoms with Gasteiger partial charge in [-0.3, -0.25) is 14.9 Å². The van der Waals surface area contributed by atoms with E-state index in [1.807, 2.05) is 6.92 Å². The van der Waals surface area contributed by atoms with Gasteiger partial charge in [0.25, 0.3) is 7.48 Å². The minimum Gasteiger partial charge on any atom is -0.480 e. The van der Waals surface area contributed by atoms with Gasteiger partial charge in [-0.2, -0.15) is 0 Å². The van der Waals surface area contributed by atoms with Crippen LogP contribution in [0.2, 0.25) is 6.32 Å². The molecule has 2 fully saturated rings. The number of unbranched alkanes of at least 4 members (excludes halogenated alkanes) is 2. The van der Waals surface area contributed by atoms with Crippen LogP contribution in [0.4, 0.5) is 4.79 Å². The maximum Gasteiger partial charge on any atom is 0.413 e. The molecule has 1 radical (unpaired) electrons. The zero-order valence-corrected chi connectivity index (χ0v) is 17.3. The molecule has 1 amide bonds. The van der Waals surface area contributed by atoms with E-state index in [1.54, 1.807) is 4.90 Å². The average Bonchev–Trinajstić information content (AvgIpc) is 3.24. The zero-order chi connectivity index (χ0) is 21.4. The molecular formula is C19H32BN2O7. The SMILES string of the molecule is CCCCC(=O)OC(C)OC(=O)N1CC[C@H]2[C@@H]1CN[C@@]2(CCCC[B]O)C(=O)O. The number of hydrogen-bond acceptors (Lipinski definition) is 7. The minimum absolute atomic E-state index is 0.215. The van der Waals surface area contributed by atoms with Crippen LogP contribution in [0, 0.1) is 5.92 Å². The Kier molecular flexibility index (Phi) is 8.76. The number of ether oxygens (including phenoxy) is 2. The van der Waals surface area contributed by atoms with Gasteiger partial charge in [-0.15, -0.1) is 0 Å². The summed E-state index contributed by atoms with van der Waals surface area (Å²) < 4.78 is 10.4. The van der Waals surface area contributed by atoms with E-state index < -0.39 is 29.9 Å². The number of nitrogens with one attached hydrogen (secondary N) is 1. The number of carbonyl (C=O) groups is 3. The third-order valence-electron chi connectivity index (χ3n) is 5.87. The van der Waals surface area contributed by atoms with E-state index in [9.17, 15) is 19.5 Å². The summed E-state index contributed by atoms with van der Waals surface area (Å²) in [5.41, 5.74) is -1.08. The average molecular weight is 411 g/mol. The molecule has 1 unspecified atom stereocenters. The standard InChI is InChI=1S/C19H32BN2O7/c1-3-4-7-16(23)28-13(2)29-18(26)22-11-8-14-15(22)12-21-19(14,17(24)25)9-5-6-10-20-27/h13-15,21,27H,3-12H2,1-2H3,(H,24,25)/t13?,14-,15-,19+/m0/s1. The molecular weight excluding hydrogens is 379 g/mol. The van der Waals surface area contributed by atoms with E-state index in [1.165, 1.54) is 6.92 Å². The van der Waals surface area contributed by atoms with Crippen molar-refractivity contribution >= 4 is 25.5 Å². The predicted octanol–water partition coefficient (Wildman–Crippen LogP) is 1.52. The van der Waals surface area contributed by atoms with Gasteiger partial charge in [0.05, 0.1) is 6.04 Å². The number of aliphatic carboxylic acids is 1. The number of nitrogens with zero attached hydrogens (tertiary/aromatic N) is 1. The maximum atomic E-state index is 12.6. The number of esters is 1. The Morgan fingerprint density at radius 1 is 1.28 bits per heavy atom. The summed E-state index contributed by atoms with van der Waals surface area (Å²) in [6.07, 6.45) is 3.19. The van der Waals surface area contributed by atoms with Crippen LogP contribution < -0.4 is 5.32 Å². The fourth-order valence-electron chi connectivity index (χ4n) is 4.38. The highest BCUT2D eigenvalue weighted by atomic mass is 16.7. The fraction of sp³-hybridized carbons (Fsp3) is 0.842. The van der Waals surface area contributed by atoms with Crippen molar-refractivity contribution in [1.82, 2.24) is 10.2 Å². The summed E-state index contributed by atoms with van der Waals surface area (Å²) in [5.74, 6) is -1.53. The lowest BCUT2D eigenvalue weighted by molar-refractivity contribution is -0.166. The molecule has 2 saturated heterocycles. The molecule has 0 aliphatic carbocycles. The second-order valence-electron chi connectivity index (χ2n) is 7.79. The largest absolute Gasteiger partial charge is 0.480 e. The summed E-state index contributed by atoms with van der Waals surface area (Å²) in [5, 5.41) is 21.8. The number of hydrogen-bond donors (Lipinski definition) is 3. The Labute approximate surface area is 172 Å². The summed E-state index contributed by atoms with van der Waals surface area (Å²) >= 11 is 0. The number of rotatable bonds is 11. The second-order valence-corrected chi connectivity index (χ2v) is 7.79. The van der Waals surface area contributed by atoms with Crippen molar-refractivity contribution in [2.75, 3.05) is 13.1 Å². The van der Waals surface area contributed by atoms with Crippen LogP contribution >= 0.6 is 0 Å². The molecule has 0 aromatic rings. The van der Waals surface area contributed by atoms with Crippen LogP contribution in [-0.4, -0.2) is 71.5 Å². The number of carbonyl (C=O) groups excluding carboxylic acids is 2. The first-order chi connectivity index (χ1) is 13.9. The van der Waals surface area contributed by atoms with Crippen LogP contribution in [0.3, 0.4) is 0 Å². The zero-order valence-electron chi connectivity index (χ0n) is 17.3. The Balaban J connectivity index is 1.93. The fourth-order valence-corrected chi connectivity index (χ4v) is 4.38. The first-order valence-electron chi connectivity index (χ1n) is 10.5. The van der Waals surface area contributed by atoms with E-state index in [-0.39, 0.29) is 18.4 Å². The summed E-state index contributed by atoms with van der Waals surface area (Å²) in [4.78, 5) is 37.9. The molecule has 2 heterocycles. The molecule has 0 spiro atoms. The van der Waals surface area contributed by atoms with Gasteiger partial charge < -0.3 is 24.5 Å². The molecule has 29 heavy (non-hydrogen) atoms. The third-order valence-corrected chi connectivity index (χ3v) is 5.87. The highest BCUT2D eigenvalue weighted by Gasteiger charge is 2.58. The van der Waals surface area contributed by atoms with Gasteiger partial charge >= 0.3 is 18.0 Å². The van der Waals surface area contributed by atoms with Crippen LogP contribution in [0.15, 0.2) is 0 Å². The molecule has 163 valence electrons. The molecule has 4 atom stereocenters. The van der Waals surface area contributed by atoms with Crippen molar-refractivity contribution in [3.63, 3.8) is 0 Å². The van der Waals surface area contributed by atoms with E-state index in [0.29, 0.717) is 51.5 Å². The Morgan fingerprint density at radius 3 is 2.69 bits per heavy atom. The van der Waals surface area contributed by atoms with Gasteiger partial charge in [-0.05, 0) is 19.3 Å². The number of fused-ring (bicyclic) bond motifs is 1. The predicted molar refractivity (Wildman–Crippen MR) is 105 cm³/mol. The lowest BCUT2D eigenvalue weighted by Crippen LogP contribution is -2.52. The number of carboxylic acids is 1. The third kappa shape index (κ3) is 5.63. The Hall–Kier alpha value is -1.81. The Bertz CT molecular complexity index is 591. The summed E-state index contributed by atoms with van der Waals surface area (Å²) in [6.45, 7) is 4.26. The van der Waals surface area contributed by atoms with Gasteiger partial charge in [0.15, 0.2) is 0 Å². The lowest BCUT2D eigenvalue weighted by Gasteiger charge is -2.30. The smallest absolute Gasteiger partial charge is 0.413 e. The molecule has 0 aromatic carbocycles. The van der Waals surface area contributed by atoms with Gasteiger partial charge in [-0.1, -0.05) is 32.5 Å². The molecule has 9 nitrogen and oxygen atoms in total. The van der Waals surface area contributed by atoms with Crippen molar-refractivity contribution in [2.45, 2.75) is 83.0 Å². The van der Waals surface area contributed by atoms with Crippen LogP contribution in [0.25, 0.3) is 0 Å². The quantitative estimate of drug-likeness (QED) is 0.202. The molecule has 2 aliphatic rings. The van der Waals surface area contributed by atoms with Crippen molar-refractivity contribution in [1.29, 1.82) is 0 Å². The highest BCUT2D eigenvalue weighted by molar-refractivity contribution is 6.25. The van der Waals surface area contributed by atoms with Crippen LogP contribution in [0.5, 0.6) is 0 Å². The van der Waals surface area contributed by atoms with E-state index in [2.05, 4.69) is 5.32 Å². The number of amides is 1. The normalized spacial score (nSPS) is 26.7. The topological polar surface area (TPSA) is 125 Å². The summed E-state index contributed by atoms with van der Waals surface area (Å²) in [6, 6.07) is -0.272. The van der Waals surface area contributed by atoms with Crippen molar-refractivity contribution in [3.05, 3.63) is 0 Å². The lowest BCUT2D eigenvalue weighted by atomic mass is 9.78. The minimum atomic E-state index is -1.08. The van der Waals surface area contributed by atoms with Crippen molar-refractivity contribution < 1.29 is 34.0 Å². The highest BCUT2D eigenvalue weighted by Crippen LogP contribution is 2.41. The van der Waals surface area contributed by atoms with Crippen LogP contribution in [0.1, 0.15) is 58.8 Å². The second kappa shape index (κ2) is 10.8. The van der Waals surface area contributed by atoms with E-state index >= 15 is 0 Å². The van der Waals surface area contributed by atoms with Crippen molar-refractivity contribution in [3.8, 4) is 0 Å². The first-order valence-corrected chi connectivity index (χ1v) is 10.5. The molecule has 2 aliphatic heterocycles. The number of carboxylic acid groups (broad SMARTS) is 1. The monoisotopic (exact) mass is 411 g/mol. The van der Waals surface area contributed by atoms with Crippen molar-refractivity contribution in [2.24, 2.45) is 5.92 Å². The summed E-state index contributed by atoms with van der Waals surface area (Å²) in [7, 11) is 1.09. The van der Waals surface area contributed by atoms with Gasteiger partial charge in [0, 0.05) is 32.4 Å². The van der Waals surface area contributed by atoms with Crippen LogP contribution in [-0.2, 0) is 19.1 Å². The molecule has 0 saturated carbocycles. The molecule has 3 N–H and O–H groups in total. The molecule has 2 rings (SSSR count). The maximum absolute atomic E-state index is 12.6.